The number of methoxy groups -OCH3 is 1. The average Bonchev–Trinajstić information content (AvgIpc) is 2.42. The molecule has 0 heterocycles. The molecule has 1 aromatic rings. The van der Waals surface area contributed by atoms with E-state index in [1.165, 1.54) is 5.56 Å². The Morgan fingerprint density at radius 3 is 2.58 bits per heavy atom. The lowest BCUT2D eigenvalue weighted by Gasteiger charge is -2.21. The summed E-state index contributed by atoms with van der Waals surface area (Å²) in [5.74, 6) is -0.745. The molecule has 0 amide bonds. The minimum Gasteiger partial charge on any atom is -0.481 e. The van der Waals surface area contributed by atoms with Gasteiger partial charge in [0.1, 0.15) is 0 Å². The van der Waals surface area contributed by atoms with Gasteiger partial charge >= 0.3 is 5.97 Å². The molecule has 106 valence electrons. The monoisotopic (exact) mass is 265 g/mol. The molecule has 1 aromatic carbocycles. The summed E-state index contributed by atoms with van der Waals surface area (Å²) in [6.07, 6.45) is 2.25. The average molecular weight is 265 g/mol. The highest BCUT2D eigenvalue weighted by atomic mass is 16.5. The number of hydrogen-bond donors (Lipinski definition) is 1. The maximum atomic E-state index is 10.6. The van der Waals surface area contributed by atoms with Gasteiger partial charge in [-0.1, -0.05) is 30.3 Å². The molecule has 0 atom stereocenters. The van der Waals surface area contributed by atoms with Crippen molar-refractivity contribution in [3.05, 3.63) is 35.9 Å². The van der Waals surface area contributed by atoms with E-state index in [0.29, 0.717) is 13.2 Å². The molecule has 0 aliphatic rings. The van der Waals surface area contributed by atoms with Crippen molar-refractivity contribution in [2.24, 2.45) is 0 Å². The number of benzene rings is 1. The van der Waals surface area contributed by atoms with E-state index in [0.717, 1.165) is 25.9 Å². The van der Waals surface area contributed by atoms with Crippen molar-refractivity contribution < 1.29 is 14.6 Å². The largest absolute Gasteiger partial charge is 0.481 e. The molecule has 0 aliphatic heterocycles. The van der Waals surface area contributed by atoms with Crippen LogP contribution in [-0.2, 0) is 16.0 Å². The van der Waals surface area contributed by atoms with E-state index in [2.05, 4.69) is 17.0 Å². The van der Waals surface area contributed by atoms with Crippen LogP contribution in [0.5, 0.6) is 0 Å². The van der Waals surface area contributed by atoms with Gasteiger partial charge in [0.25, 0.3) is 0 Å². The summed E-state index contributed by atoms with van der Waals surface area (Å²) in [7, 11) is 1.67. The molecule has 0 saturated heterocycles. The summed E-state index contributed by atoms with van der Waals surface area (Å²) in [5, 5.41) is 8.73. The van der Waals surface area contributed by atoms with Gasteiger partial charge in [-0.15, -0.1) is 0 Å². The van der Waals surface area contributed by atoms with Gasteiger partial charge in [-0.25, -0.2) is 0 Å². The lowest BCUT2D eigenvalue weighted by Crippen LogP contribution is -2.31. The standard InChI is InChI=1S/C15H23NO3/c1-19-13-12-16(11-9-15(17)18)10-5-8-14-6-3-2-4-7-14/h2-4,6-7H,5,8-13H2,1H3,(H,17,18). The smallest absolute Gasteiger partial charge is 0.304 e. The van der Waals surface area contributed by atoms with Crippen LogP contribution < -0.4 is 0 Å². The van der Waals surface area contributed by atoms with Gasteiger partial charge in [0.2, 0.25) is 0 Å². The number of carboxylic acid groups (broad SMARTS) is 1. The molecule has 0 unspecified atom stereocenters. The third kappa shape index (κ3) is 7.59. The molecule has 0 radical (unpaired) electrons. The van der Waals surface area contributed by atoms with Crippen LogP contribution in [0.25, 0.3) is 0 Å². The molecule has 0 aromatic heterocycles. The molecule has 4 heteroatoms. The molecule has 4 nitrogen and oxygen atoms in total. The molecule has 0 fully saturated rings. The van der Waals surface area contributed by atoms with Crippen molar-refractivity contribution in [3.63, 3.8) is 0 Å². The van der Waals surface area contributed by atoms with Gasteiger partial charge in [0.15, 0.2) is 0 Å². The van der Waals surface area contributed by atoms with Crippen molar-refractivity contribution in [1.29, 1.82) is 0 Å². The molecule has 0 spiro atoms. The van der Waals surface area contributed by atoms with Crippen molar-refractivity contribution >= 4 is 5.97 Å². The maximum absolute atomic E-state index is 10.6. The third-order valence-electron chi connectivity index (χ3n) is 3.04. The van der Waals surface area contributed by atoms with Crippen molar-refractivity contribution in [1.82, 2.24) is 4.90 Å². The van der Waals surface area contributed by atoms with Gasteiger partial charge < -0.3 is 14.7 Å². The lowest BCUT2D eigenvalue weighted by atomic mass is 10.1. The molecule has 1 N–H and O–H groups in total. The second kappa shape index (κ2) is 9.53. The Morgan fingerprint density at radius 1 is 1.21 bits per heavy atom. The topological polar surface area (TPSA) is 49.8 Å². The summed E-state index contributed by atoms with van der Waals surface area (Å²) in [5.41, 5.74) is 1.33. The first-order chi connectivity index (χ1) is 9.22. The van der Waals surface area contributed by atoms with E-state index in [-0.39, 0.29) is 6.42 Å². The third-order valence-corrected chi connectivity index (χ3v) is 3.04. The quantitative estimate of drug-likeness (QED) is 0.703. The number of carboxylic acids is 1. The van der Waals surface area contributed by atoms with E-state index in [1.807, 2.05) is 18.2 Å². The van der Waals surface area contributed by atoms with Crippen LogP contribution in [0.2, 0.25) is 0 Å². The number of aryl methyl sites for hydroxylation is 1. The predicted octanol–water partition coefficient (Wildman–Crippen LogP) is 2.04. The van der Waals surface area contributed by atoms with E-state index >= 15 is 0 Å². The molecule has 0 bridgehead atoms. The van der Waals surface area contributed by atoms with Crippen LogP contribution >= 0.6 is 0 Å². The van der Waals surface area contributed by atoms with Crippen LogP contribution in [0.15, 0.2) is 30.3 Å². The zero-order valence-corrected chi connectivity index (χ0v) is 11.5. The van der Waals surface area contributed by atoms with Gasteiger partial charge in [0, 0.05) is 20.2 Å². The Hall–Kier alpha value is -1.39. The van der Waals surface area contributed by atoms with Crippen LogP contribution in [0.3, 0.4) is 0 Å². The number of hydrogen-bond acceptors (Lipinski definition) is 3. The highest BCUT2D eigenvalue weighted by Crippen LogP contribution is 2.04. The first-order valence-corrected chi connectivity index (χ1v) is 6.69. The van der Waals surface area contributed by atoms with Gasteiger partial charge in [-0.05, 0) is 24.9 Å². The fourth-order valence-electron chi connectivity index (χ4n) is 1.96. The maximum Gasteiger partial charge on any atom is 0.304 e. The highest BCUT2D eigenvalue weighted by molar-refractivity contribution is 5.66. The summed E-state index contributed by atoms with van der Waals surface area (Å²) in [4.78, 5) is 12.8. The van der Waals surface area contributed by atoms with Gasteiger partial charge in [0.05, 0.1) is 13.0 Å². The Bertz CT molecular complexity index is 354. The highest BCUT2D eigenvalue weighted by Gasteiger charge is 2.07. The second-order valence-electron chi connectivity index (χ2n) is 4.57. The molecule has 0 aliphatic carbocycles. The minimum absolute atomic E-state index is 0.190. The van der Waals surface area contributed by atoms with Crippen LogP contribution in [0.1, 0.15) is 18.4 Å². The number of carbonyl (C=O) groups is 1. The van der Waals surface area contributed by atoms with Gasteiger partial charge in [-0.3, -0.25) is 4.79 Å². The summed E-state index contributed by atoms with van der Waals surface area (Å²) in [6, 6.07) is 10.3. The van der Waals surface area contributed by atoms with Crippen LogP contribution in [-0.4, -0.2) is 49.3 Å². The number of nitrogens with zero attached hydrogens (tertiary/aromatic N) is 1. The number of aliphatic carboxylic acids is 1. The normalized spacial score (nSPS) is 10.8. The molecule has 0 saturated carbocycles. The first kappa shape index (κ1) is 15.7. The van der Waals surface area contributed by atoms with E-state index in [1.54, 1.807) is 7.11 Å². The first-order valence-electron chi connectivity index (χ1n) is 6.69. The summed E-state index contributed by atoms with van der Waals surface area (Å²) < 4.78 is 5.05. The van der Waals surface area contributed by atoms with E-state index in [9.17, 15) is 4.79 Å². The zero-order chi connectivity index (χ0) is 13.9. The van der Waals surface area contributed by atoms with E-state index in [4.69, 9.17) is 9.84 Å². The molecule has 1 rings (SSSR count). The number of rotatable bonds is 10. The van der Waals surface area contributed by atoms with Crippen molar-refractivity contribution in [2.45, 2.75) is 19.3 Å². The van der Waals surface area contributed by atoms with Crippen molar-refractivity contribution in [3.8, 4) is 0 Å². The summed E-state index contributed by atoms with van der Waals surface area (Å²) >= 11 is 0. The fraction of sp³-hybridized carbons (Fsp3) is 0.533. The molecular formula is C15H23NO3. The van der Waals surface area contributed by atoms with E-state index < -0.39 is 5.97 Å². The Kier molecular flexibility index (Phi) is 7.86. The second-order valence-corrected chi connectivity index (χ2v) is 4.57. The Labute approximate surface area is 115 Å². The summed E-state index contributed by atoms with van der Waals surface area (Å²) in [6.45, 7) is 2.93. The number of ether oxygens (including phenoxy) is 1. The van der Waals surface area contributed by atoms with Crippen LogP contribution in [0.4, 0.5) is 0 Å². The molecular weight excluding hydrogens is 242 g/mol. The lowest BCUT2D eigenvalue weighted by molar-refractivity contribution is -0.137. The minimum atomic E-state index is -0.745. The van der Waals surface area contributed by atoms with Crippen LogP contribution in [0, 0.1) is 0 Å². The fourth-order valence-corrected chi connectivity index (χ4v) is 1.96. The Balaban J connectivity index is 2.28. The predicted molar refractivity (Wildman–Crippen MR) is 75.3 cm³/mol. The van der Waals surface area contributed by atoms with Gasteiger partial charge in [-0.2, -0.15) is 0 Å². The SMILES string of the molecule is COCCN(CCCc1ccccc1)CCC(=O)O. The molecule has 19 heavy (non-hydrogen) atoms. The Morgan fingerprint density at radius 2 is 1.95 bits per heavy atom. The zero-order valence-electron chi connectivity index (χ0n) is 11.5. The van der Waals surface area contributed by atoms with Crippen molar-refractivity contribution in [2.75, 3.05) is 33.4 Å².